The molecule has 0 spiro atoms. The van der Waals surface area contributed by atoms with Crippen LogP contribution in [0.15, 0.2) is 95.2 Å². The molecule has 0 saturated carbocycles. The maximum atomic E-state index is 5.93. The molecule has 0 bridgehead atoms. The SMILES string of the molecule is C1=CCCC(C(Nc2ccc3oc4ccccc4c3c2)C2=COC=CO2)=C1. The predicted molar refractivity (Wildman–Crippen MR) is 107 cm³/mol. The first-order chi connectivity index (χ1) is 13.4. The minimum Gasteiger partial charge on any atom is -0.466 e. The highest BCUT2D eigenvalue weighted by molar-refractivity contribution is 6.05. The smallest absolute Gasteiger partial charge is 0.165 e. The van der Waals surface area contributed by atoms with Gasteiger partial charge >= 0.3 is 0 Å². The van der Waals surface area contributed by atoms with Gasteiger partial charge in [0.1, 0.15) is 36.0 Å². The van der Waals surface area contributed by atoms with E-state index in [4.69, 9.17) is 13.9 Å². The van der Waals surface area contributed by atoms with Crippen LogP contribution in [0.3, 0.4) is 0 Å². The van der Waals surface area contributed by atoms with Crippen LogP contribution >= 0.6 is 0 Å². The molecule has 2 heterocycles. The van der Waals surface area contributed by atoms with Crippen LogP contribution in [0.25, 0.3) is 21.9 Å². The number of nitrogens with one attached hydrogen (secondary N) is 1. The van der Waals surface area contributed by atoms with Crippen LogP contribution in [-0.2, 0) is 9.47 Å². The van der Waals surface area contributed by atoms with E-state index in [9.17, 15) is 0 Å². The number of hydrogen-bond acceptors (Lipinski definition) is 4. The van der Waals surface area contributed by atoms with E-state index >= 15 is 0 Å². The van der Waals surface area contributed by atoms with Crippen LogP contribution < -0.4 is 5.32 Å². The summed E-state index contributed by atoms with van der Waals surface area (Å²) in [7, 11) is 0. The fourth-order valence-corrected chi connectivity index (χ4v) is 3.60. The van der Waals surface area contributed by atoms with E-state index in [0.29, 0.717) is 0 Å². The number of anilines is 1. The third-order valence-electron chi connectivity index (χ3n) is 4.91. The van der Waals surface area contributed by atoms with Gasteiger partial charge in [0.15, 0.2) is 5.76 Å². The minimum atomic E-state index is -0.0875. The molecule has 4 nitrogen and oxygen atoms in total. The number of hydrogen-bond donors (Lipinski definition) is 1. The Morgan fingerprint density at radius 2 is 1.89 bits per heavy atom. The van der Waals surface area contributed by atoms with E-state index in [1.807, 2.05) is 30.3 Å². The Balaban J connectivity index is 1.53. The summed E-state index contributed by atoms with van der Waals surface area (Å²) in [5, 5.41) is 5.83. The maximum Gasteiger partial charge on any atom is 0.165 e. The predicted octanol–water partition coefficient (Wildman–Crippen LogP) is 6.00. The van der Waals surface area contributed by atoms with Crippen molar-refractivity contribution in [3.63, 3.8) is 0 Å². The second kappa shape index (κ2) is 6.72. The Morgan fingerprint density at radius 3 is 2.74 bits per heavy atom. The zero-order valence-electron chi connectivity index (χ0n) is 14.7. The molecule has 1 aromatic heterocycles. The molecule has 0 amide bonds. The molecule has 2 aliphatic rings. The van der Waals surface area contributed by atoms with Crippen molar-refractivity contribution in [2.75, 3.05) is 5.32 Å². The fraction of sp³-hybridized carbons (Fsp3) is 0.130. The highest BCUT2D eigenvalue weighted by Gasteiger charge is 2.23. The van der Waals surface area contributed by atoms with E-state index in [0.717, 1.165) is 46.2 Å². The van der Waals surface area contributed by atoms with Gasteiger partial charge in [0.05, 0.1) is 0 Å². The summed E-state index contributed by atoms with van der Waals surface area (Å²) < 4.78 is 17.0. The molecule has 134 valence electrons. The lowest BCUT2D eigenvalue weighted by Crippen LogP contribution is -2.26. The first-order valence-corrected chi connectivity index (χ1v) is 9.09. The van der Waals surface area contributed by atoms with Crippen molar-refractivity contribution < 1.29 is 13.9 Å². The van der Waals surface area contributed by atoms with Crippen LogP contribution in [0.1, 0.15) is 12.8 Å². The van der Waals surface area contributed by atoms with E-state index in [1.165, 1.54) is 11.8 Å². The van der Waals surface area contributed by atoms with Crippen LogP contribution in [0.5, 0.6) is 0 Å². The lowest BCUT2D eigenvalue weighted by Gasteiger charge is -2.26. The first kappa shape index (κ1) is 15.8. The van der Waals surface area contributed by atoms with Crippen molar-refractivity contribution in [1.82, 2.24) is 0 Å². The van der Waals surface area contributed by atoms with E-state index < -0.39 is 0 Å². The highest BCUT2D eigenvalue weighted by Crippen LogP contribution is 2.32. The standard InChI is InChI=1S/C23H19NO3/c1-2-6-16(7-3-1)23(22-15-25-12-13-26-22)24-17-10-11-21-19(14-17)18-8-4-5-9-20(18)27-21/h1-2,4-6,8-15,23-24H,3,7H2. The second-order valence-corrected chi connectivity index (χ2v) is 6.64. The zero-order chi connectivity index (χ0) is 18.1. The summed E-state index contributed by atoms with van der Waals surface area (Å²) in [4.78, 5) is 0. The molecule has 2 aromatic carbocycles. The largest absolute Gasteiger partial charge is 0.466 e. The zero-order valence-corrected chi connectivity index (χ0v) is 14.7. The number of benzene rings is 2. The molecule has 0 radical (unpaired) electrons. The number of fused-ring (bicyclic) bond motifs is 3. The summed E-state index contributed by atoms with van der Waals surface area (Å²) in [5.41, 5.74) is 4.06. The summed E-state index contributed by atoms with van der Waals surface area (Å²) in [6.45, 7) is 0. The molecule has 0 saturated heterocycles. The maximum absolute atomic E-state index is 5.93. The molecule has 1 unspecified atom stereocenters. The molecular weight excluding hydrogens is 338 g/mol. The molecule has 4 heteroatoms. The van der Waals surface area contributed by atoms with Gasteiger partial charge in [-0.2, -0.15) is 0 Å². The Kier molecular flexibility index (Phi) is 3.94. The summed E-state index contributed by atoms with van der Waals surface area (Å²) in [6, 6.07) is 14.2. The van der Waals surface area contributed by atoms with Crippen LogP contribution in [0.4, 0.5) is 5.69 Å². The molecule has 27 heavy (non-hydrogen) atoms. The first-order valence-electron chi connectivity index (χ1n) is 9.09. The highest BCUT2D eigenvalue weighted by atomic mass is 16.5. The summed E-state index contributed by atoms with van der Waals surface area (Å²) >= 11 is 0. The van der Waals surface area contributed by atoms with Gasteiger partial charge in [-0.25, -0.2) is 0 Å². The van der Waals surface area contributed by atoms with Crippen LogP contribution in [0.2, 0.25) is 0 Å². The van der Waals surface area contributed by atoms with Gasteiger partial charge in [0.25, 0.3) is 0 Å². The average molecular weight is 357 g/mol. The Hall–Kier alpha value is -3.40. The number of ether oxygens (including phenoxy) is 2. The Labute approximate surface area is 157 Å². The van der Waals surface area contributed by atoms with Gasteiger partial charge < -0.3 is 19.2 Å². The number of furan rings is 1. The third kappa shape index (κ3) is 2.99. The van der Waals surface area contributed by atoms with Crippen molar-refractivity contribution in [1.29, 1.82) is 0 Å². The summed E-state index contributed by atoms with van der Waals surface area (Å²) in [6.07, 6.45) is 13.2. The Morgan fingerprint density at radius 1 is 0.963 bits per heavy atom. The van der Waals surface area contributed by atoms with Crippen molar-refractivity contribution in [2.24, 2.45) is 0 Å². The molecular formula is C23H19NO3. The monoisotopic (exact) mass is 357 g/mol. The molecule has 5 rings (SSSR count). The van der Waals surface area contributed by atoms with Crippen molar-refractivity contribution >= 4 is 27.6 Å². The van der Waals surface area contributed by atoms with E-state index in [1.54, 1.807) is 12.5 Å². The molecule has 1 atom stereocenters. The van der Waals surface area contributed by atoms with Gasteiger partial charge in [-0.15, -0.1) is 0 Å². The van der Waals surface area contributed by atoms with Gasteiger partial charge in [-0.3, -0.25) is 0 Å². The van der Waals surface area contributed by atoms with Gasteiger partial charge in [-0.05, 0) is 42.7 Å². The Bertz CT molecular complexity index is 1120. The number of rotatable bonds is 4. The molecule has 1 N–H and O–H groups in total. The van der Waals surface area contributed by atoms with Crippen molar-refractivity contribution in [3.8, 4) is 0 Å². The average Bonchev–Trinajstić information content (AvgIpc) is 3.11. The van der Waals surface area contributed by atoms with Crippen molar-refractivity contribution in [3.05, 3.63) is 90.8 Å². The molecule has 3 aromatic rings. The lowest BCUT2D eigenvalue weighted by molar-refractivity contribution is 0.245. The lowest BCUT2D eigenvalue weighted by atomic mass is 9.96. The van der Waals surface area contributed by atoms with Crippen molar-refractivity contribution in [2.45, 2.75) is 18.9 Å². The third-order valence-corrected chi connectivity index (χ3v) is 4.91. The molecule has 1 aliphatic heterocycles. The fourth-order valence-electron chi connectivity index (χ4n) is 3.60. The topological polar surface area (TPSA) is 43.6 Å². The minimum absolute atomic E-state index is 0.0875. The normalized spacial score (nSPS) is 17.2. The van der Waals surface area contributed by atoms with E-state index in [-0.39, 0.29) is 6.04 Å². The van der Waals surface area contributed by atoms with Gasteiger partial charge in [-0.1, -0.05) is 36.4 Å². The number of para-hydroxylation sites is 1. The van der Waals surface area contributed by atoms with Gasteiger partial charge in [0, 0.05) is 16.5 Å². The molecule has 0 fully saturated rings. The summed E-state index contributed by atoms with van der Waals surface area (Å²) in [5.74, 6) is 0.746. The van der Waals surface area contributed by atoms with Crippen LogP contribution in [-0.4, -0.2) is 6.04 Å². The second-order valence-electron chi connectivity index (χ2n) is 6.64. The molecule has 1 aliphatic carbocycles. The van der Waals surface area contributed by atoms with Crippen LogP contribution in [0, 0.1) is 0 Å². The quantitative estimate of drug-likeness (QED) is 0.622. The van der Waals surface area contributed by atoms with E-state index in [2.05, 4.69) is 35.7 Å². The number of allylic oxidation sites excluding steroid dienone is 3. The van der Waals surface area contributed by atoms with Gasteiger partial charge in [0.2, 0.25) is 0 Å².